The van der Waals surface area contributed by atoms with Crippen molar-refractivity contribution in [2.45, 2.75) is 44.6 Å². The third kappa shape index (κ3) is 3.51. The van der Waals surface area contributed by atoms with Gasteiger partial charge < -0.3 is 9.84 Å². The van der Waals surface area contributed by atoms with Gasteiger partial charge in [0.15, 0.2) is 5.82 Å². The number of rotatable bonds is 4. The van der Waals surface area contributed by atoms with Crippen molar-refractivity contribution in [3.05, 3.63) is 45.5 Å². The van der Waals surface area contributed by atoms with Gasteiger partial charge in [0.25, 0.3) is 0 Å². The normalized spacial score (nSPS) is 16.5. The second kappa shape index (κ2) is 6.49. The van der Waals surface area contributed by atoms with Gasteiger partial charge in [-0.15, -0.1) is 0 Å². The van der Waals surface area contributed by atoms with E-state index in [0.717, 1.165) is 31.2 Å². The topological polar surface area (TPSA) is 68.0 Å². The molecule has 23 heavy (non-hydrogen) atoms. The van der Waals surface area contributed by atoms with Crippen molar-refractivity contribution in [1.82, 2.24) is 15.5 Å². The van der Waals surface area contributed by atoms with Crippen LogP contribution in [0.3, 0.4) is 0 Å². The molecule has 7 heteroatoms. The molecule has 0 aliphatic heterocycles. The lowest BCUT2D eigenvalue weighted by atomic mass is 9.96. The van der Waals surface area contributed by atoms with Gasteiger partial charge in [0.1, 0.15) is 5.54 Å². The first-order valence-electron chi connectivity index (χ1n) is 7.54. The second-order valence-electron chi connectivity index (χ2n) is 5.90. The average molecular weight is 354 g/mol. The van der Waals surface area contributed by atoms with Crippen LogP contribution in [0.25, 0.3) is 0 Å². The number of aromatic nitrogens is 2. The summed E-state index contributed by atoms with van der Waals surface area (Å²) in [6.45, 7) is 1.75. The molecule has 0 atom stereocenters. The summed E-state index contributed by atoms with van der Waals surface area (Å²) in [5, 5.41) is 8.04. The molecule has 122 valence electrons. The largest absolute Gasteiger partial charge is 0.343 e. The number of nitrogens with one attached hydrogen (secondary N) is 1. The molecule has 1 aliphatic rings. The number of carbonyl (C=O) groups is 1. The average Bonchev–Trinajstić information content (AvgIpc) is 3.13. The van der Waals surface area contributed by atoms with Gasteiger partial charge in [0.2, 0.25) is 11.8 Å². The molecule has 1 heterocycles. The Kier molecular flexibility index (Phi) is 4.60. The second-order valence-corrected chi connectivity index (χ2v) is 6.71. The predicted octanol–water partition coefficient (Wildman–Crippen LogP) is 3.81. The van der Waals surface area contributed by atoms with E-state index in [1.165, 1.54) is 0 Å². The fourth-order valence-electron chi connectivity index (χ4n) is 3.02. The molecule has 1 N–H and O–H groups in total. The first-order valence-corrected chi connectivity index (χ1v) is 8.30. The third-order valence-electron chi connectivity index (χ3n) is 4.14. The van der Waals surface area contributed by atoms with Gasteiger partial charge in [0.05, 0.1) is 16.5 Å². The maximum Gasteiger partial charge on any atom is 0.225 e. The summed E-state index contributed by atoms with van der Waals surface area (Å²) in [6, 6.07) is 5.21. The maximum absolute atomic E-state index is 12.5. The van der Waals surface area contributed by atoms with Crippen LogP contribution in [0.15, 0.2) is 22.7 Å². The molecule has 0 bridgehead atoms. The number of amides is 1. The fourth-order valence-corrected chi connectivity index (χ4v) is 3.34. The molecule has 3 rings (SSSR count). The van der Waals surface area contributed by atoms with Crippen LogP contribution in [0.2, 0.25) is 10.0 Å². The van der Waals surface area contributed by atoms with Crippen LogP contribution < -0.4 is 5.32 Å². The minimum atomic E-state index is -0.523. The Morgan fingerprint density at radius 2 is 2.04 bits per heavy atom. The Labute approximate surface area is 144 Å². The minimum Gasteiger partial charge on any atom is -0.343 e. The number of halogens is 2. The van der Waals surface area contributed by atoms with Gasteiger partial charge in [0, 0.05) is 6.92 Å². The standard InChI is InChI=1S/C16H17Cl2N3O2/c1-10-19-15(21-23-10)16(6-2-3-7-16)20-14(22)9-11-4-5-12(17)13(18)8-11/h4-5,8H,2-3,6-7,9H2,1H3,(H,20,22). The number of benzene rings is 1. The lowest BCUT2D eigenvalue weighted by Crippen LogP contribution is -2.45. The number of aryl methyl sites for hydroxylation is 1. The Morgan fingerprint density at radius 3 is 2.65 bits per heavy atom. The van der Waals surface area contributed by atoms with Crippen LogP contribution >= 0.6 is 23.2 Å². The zero-order valence-electron chi connectivity index (χ0n) is 12.7. The first kappa shape index (κ1) is 16.3. The van der Waals surface area contributed by atoms with Gasteiger partial charge in [-0.05, 0) is 30.5 Å². The summed E-state index contributed by atoms with van der Waals surface area (Å²) in [5.74, 6) is 0.979. The van der Waals surface area contributed by atoms with Gasteiger partial charge in [-0.1, -0.05) is 47.3 Å². The zero-order valence-corrected chi connectivity index (χ0v) is 14.2. The van der Waals surface area contributed by atoms with E-state index in [9.17, 15) is 4.79 Å². The van der Waals surface area contributed by atoms with Crippen molar-refractivity contribution in [2.75, 3.05) is 0 Å². The summed E-state index contributed by atoms with van der Waals surface area (Å²) < 4.78 is 5.09. The van der Waals surface area contributed by atoms with Crippen LogP contribution in [0.1, 0.15) is 43.0 Å². The van der Waals surface area contributed by atoms with Crippen molar-refractivity contribution in [3.63, 3.8) is 0 Å². The van der Waals surface area contributed by atoms with Gasteiger partial charge >= 0.3 is 0 Å². The lowest BCUT2D eigenvalue weighted by Gasteiger charge is -2.26. The lowest BCUT2D eigenvalue weighted by molar-refractivity contribution is -0.122. The molecule has 1 saturated carbocycles. The van der Waals surface area contributed by atoms with Crippen molar-refractivity contribution in [1.29, 1.82) is 0 Å². The van der Waals surface area contributed by atoms with Gasteiger partial charge in [-0.25, -0.2) is 0 Å². The maximum atomic E-state index is 12.5. The quantitative estimate of drug-likeness (QED) is 0.907. The Bertz CT molecular complexity index is 724. The van der Waals surface area contributed by atoms with E-state index in [0.29, 0.717) is 21.8 Å². The molecule has 0 unspecified atom stereocenters. The zero-order chi connectivity index (χ0) is 16.4. The van der Waals surface area contributed by atoms with Gasteiger partial charge in [-0.3, -0.25) is 4.79 Å². The molecule has 2 aromatic rings. The van der Waals surface area contributed by atoms with Crippen LogP contribution in [0.5, 0.6) is 0 Å². The molecule has 1 aromatic heterocycles. The fraction of sp³-hybridized carbons (Fsp3) is 0.438. The van der Waals surface area contributed by atoms with Crippen molar-refractivity contribution < 1.29 is 9.32 Å². The van der Waals surface area contributed by atoms with Crippen molar-refractivity contribution in [3.8, 4) is 0 Å². The van der Waals surface area contributed by atoms with E-state index in [1.54, 1.807) is 25.1 Å². The minimum absolute atomic E-state index is 0.0901. The first-order chi connectivity index (χ1) is 11.0. The van der Waals surface area contributed by atoms with E-state index >= 15 is 0 Å². The highest BCUT2D eigenvalue weighted by atomic mass is 35.5. The van der Waals surface area contributed by atoms with Crippen LogP contribution in [0.4, 0.5) is 0 Å². The van der Waals surface area contributed by atoms with E-state index in [4.69, 9.17) is 27.7 Å². The number of nitrogens with zero attached hydrogens (tertiary/aromatic N) is 2. The molecule has 0 spiro atoms. The van der Waals surface area contributed by atoms with E-state index in [1.807, 2.05) is 0 Å². The summed E-state index contributed by atoms with van der Waals surface area (Å²) >= 11 is 11.9. The Balaban J connectivity index is 1.75. The molecule has 0 radical (unpaired) electrons. The molecule has 1 aliphatic carbocycles. The highest BCUT2D eigenvalue weighted by molar-refractivity contribution is 6.42. The predicted molar refractivity (Wildman–Crippen MR) is 87.5 cm³/mol. The number of hydrogen-bond donors (Lipinski definition) is 1. The summed E-state index contributed by atoms with van der Waals surface area (Å²) in [7, 11) is 0. The van der Waals surface area contributed by atoms with E-state index in [-0.39, 0.29) is 12.3 Å². The van der Waals surface area contributed by atoms with Gasteiger partial charge in [-0.2, -0.15) is 4.98 Å². The SMILES string of the molecule is Cc1nc(C2(NC(=O)Cc3ccc(Cl)c(Cl)c3)CCCC2)no1. The monoisotopic (exact) mass is 353 g/mol. The Morgan fingerprint density at radius 1 is 1.30 bits per heavy atom. The molecule has 1 amide bonds. The summed E-state index contributed by atoms with van der Waals surface area (Å²) in [4.78, 5) is 16.8. The number of carbonyl (C=O) groups excluding carboxylic acids is 1. The van der Waals surface area contributed by atoms with Crippen LogP contribution in [-0.2, 0) is 16.8 Å². The van der Waals surface area contributed by atoms with Crippen LogP contribution in [-0.4, -0.2) is 16.0 Å². The smallest absolute Gasteiger partial charge is 0.225 e. The molecule has 1 fully saturated rings. The Hall–Kier alpha value is -1.59. The summed E-state index contributed by atoms with van der Waals surface area (Å²) in [6.07, 6.45) is 3.93. The molecule has 1 aromatic carbocycles. The number of hydrogen-bond acceptors (Lipinski definition) is 4. The molecular formula is C16H17Cl2N3O2. The molecule has 0 saturated heterocycles. The van der Waals surface area contributed by atoms with Crippen molar-refractivity contribution >= 4 is 29.1 Å². The molecule has 5 nitrogen and oxygen atoms in total. The summed E-state index contributed by atoms with van der Waals surface area (Å²) in [5.41, 5.74) is 0.291. The van der Waals surface area contributed by atoms with Crippen LogP contribution in [0, 0.1) is 6.92 Å². The third-order valence-corrected chi connectivity index (χ3v) is 4.88. The highest BCUT2D eigenvalue weighted by Gasteiger charge is 2.41. The van der Waals surface area contributed by atoms with Crippen molar-refractivity contribution in [2.24, 2.45) is 0 Å². The van der Waals surface area contributed by atoms with E-state index in [2.05, 4.69) is 15.5 Å². The van der Waals surface area contributed by atoms with E-state index < -0.39 is 5.54 Å². The highest BCUT2D eigenvalue weighted by Crippen LogP contribution is 2.37. The molecular weight excluding hydrogens is 337 g/mol.